The van der Waals surface area contributed by atoms with Gasteiger partial charge in [-0.3, -0.25) is 37.3 Å². The molecule has 91 heavy (non-hydrogen) atoms. The van der Waals surface area contributed by atoms with Gasteiger partial charge >= 0.3 is 39.5 Å². The third-order valence-corrected chi connectivity index (χ3v) is 18.5. The standard InChI is InChI=1S/C72H140O17P2/c1-62(2)48-40-32-24-19-15-11-9-13-17-21-27-36-44-52-69(74)82-58-67(88-71(76)54-46-38-28-22-18-14-10-12-16-20-25-33-41-49-63(3)4)60-86-90(78,79)84-56-66(73)57-85-91(80,81)87-61-68(59-83-70(75)53-45-37-31-30-35-43-51-65(7)8)89-72(77)55-47-39-29-23-26-34-42-50-64(5)6/h62-68,73H,9-61H2,1-8H3,(H,78,79)(H,80,81)/t66-,67-,68-/m1/s1. The molecule has 0 saturated heterocycles. The molecule has 0 spiro atoms. The first-order valence-electron chi connectivity index (χ1n) is 37.2. The highest BCUT2D eigenvalue weighted by molar-refractivity contribution is 7.47. The first kappa shape index (κ1) is 89.1. The third-order valence-electron chi connectivity index (χ3n) is 16.6. The predicted octanol–water partition coefficient (Wildman–Crippen LogP) is 20.5. The molecule has 0 amide bonds. The van der Waals surface area contributed by atoms with Crippen LogP contribution in [-0.4, -0.2) is 96.7 Å². The van der Waals surface area contributed by atoms with Crippen LogP contribution >= 0.6 is 15.6 Å². The zero-order chi connectivity index (χ0) is 67.5. The summed E-state index contributed by atoms with van der Waals surface area (Å²) in [5.74, 6) is 0.823. The highest BCUT2D eigenvalue weighted by Crippen LogP contribution is 2.45. The summed E-state index contributed by atoms with van der Waals surface area (Å²) >= 11 is 0. The molecule has 0 radical (unpaired) electrons. The molecule has 0 aromatic heterocycles. The number of phosphoric acid groups is 2. The number of ether oxygens (including phenoxy) is 4. The van der Waals surface area contributed by atoms with Crippen LogP contribution in [-0.2, 0) is 65.4 Å². The molecule has 0 bridgehead atoms. The number of hydrogen-bond acceptors (Lipinski definition) is 15. The number of carbonyl (C=O) groups excluding carboxylic acids is 4. The highest BCUT2D eigenvalue weighted by Gasteiger charge is 2.30. The van der Waals surface area contributed by atoms with Crippen molar-refractivity contribution in [1.29, 1.82) is 0 Å². The second kappa shape index (κ2) is 61.6. The monoisotopic (exact) mass is 1340 g/mol. The van der Waals surface area contributed by atoms with Crippen LogP contribution in [0.3, 0.4) is 0 Å². The maximum Gasteiger partial charge on any atom is 0.472 e. The Labute approximate surface area is 556 Å². The van der Waals surface area contributed by atoms with Crippen LogP contribution in [0.4, 0.5) is 0 Å². The van der Waals surface area contributed by atoms with E-state index in [1.807, 2.05) is 0 Å². The molecule has 0 saturated carbocycles. The molecule has 0 aliphatic heterocycles. The summed E-state index contributed by atoms with van der Waals surface area (Å²) in [6, 6.07) is 0. The number of carbonyl (C=O) groups is 4. The zero-order valence-corrected chi connectivity index (χ0v) is 61.3. The lowest BCUT2D eigenvalue weighted by molar-refractivity contribution is -0.161. The van der Waals surface area contributed by atoms with E-state index in [-0.39, 0.29) is 25.7 Å². The van der Waals surface area contributed by atoms with Crippen LogP contribution in [0.25, 0.3) is 0 Å². The second-order valence-corrected chi connectivity index (χ2v) is 30.8. The van der Waals surface area contributed by atoms with Crippen LogP contribution < -0.4 is 0 Å². The smallest absolute Gasteiger partial charge is 0.462 e. The topological polar surface area (TPSA) is 237 Å². The quantitative estimate of drug-likeness (QED) is 0.0222. The molecule has 0 heterocycles. The van der Waals surface area contributed by atoms with Crippen LogP contribution in [0.5, 0.6) is 0 Å². The third kappa shape index (κ3) is 66.5. The van der Waals surface area contributed by atoms with E-state index in [1.54, 1.807) is 0 Å². The molecule has 19 heteroatoms. The molecule has 2 unspecified atom stereocenters. The van der Waals surface area contributed by atoms with Gasteiger partial charge in [0.1, 0.15) is 19.3 Å². The Bertz CT molecular complexity index is 1800. The largest absolute Gasteiger partial charge is 0.472 e. The maximum atomic E-state index is 13.0. The minimum Gasteiger partial charge on any atom is -0.462 e. The van der Waals surface area contributed by atoms with Gasteiger partial charge in [-0.2, -0.15) is 0 Å². The Morgan fingerprint density at radius 3 is 0.681 bits per heavy atom. The Morgan fingerprint density at radius 2 is 0.462 bits per heavy atom. The van der Waals surface area contributed by atoms with Crippen molar-refractivity contribution < 1.29 is 80.2 Å². The van der Waals surface area contributed by atoms with E-state index in [4.69, 9.17) is 37.0 Å². The Balaban J connectivity index is 5.23. The average Bonchev–Trinajstić information content (AvgIpc) is 3.57. The number of phosphoric ester groups is 2. The SMILES string of the molecule is CC(C)CCCCCCCCCCCCCCCC(=O)OC[C@H](COP(=O)(O)OC[C@@H](O)COP(=O)(O)OC[C@@H](COC(=O)CCCCCCCCC(C)C)OC(=O)CCCCCCCCCC(C)C)OC(=O)CCCCCCCCCCCCCCCC(C)C. The van der Waals surface area contributed by atoms with Gasteiger partial charge < -0.3 is 33.8 Å². The van der Waals surface area contributed by atoms with Gasteiger partial charge in [0.25, 0.3) is 0 Å². The maximum absolute atomic E-state index is 13.0. The van der Waals surface area contributed by atoms with Gasteiger partial charge in [0.2, 0.25) is 0 Å². The van der Waals surface area contributed by atoms with Gasteiger partial charge in [0, 0.05) is 25.7 Å². The van der Waals surface area contributed by atoms with Crippen molar-refractivity contribution in [3.63, 3.8) is 0 Å². The van der Waals surface area contributed by atoms with Crippen molar-refractivity contribution in [3.05, 3.63) is 0 Å². The van der Waals surface area contributed by atoms with Gasteiger partial charge in [0.05, 0.1) is 26.4 Å². The van der Waals surface area contributed by atoms with Gasteiger partial charge in [-0.1, -0.05) is 306 Å². The first-order chi connectivity index (χ1) is 43.6. The van der Waals surface area contributed by atoms with Gasteiger partial charge in [0.15, 0.2) is 12.2 Å². The molecule has 3 N–H and O–H groups in total. The van der Waals surface area contributed by atoms with E-state index < -0.39 is 97.5 Å². The van der Waals surface area contributed by atoms with Crippen LogP contribution in [0.15, 0.2) is 0 Å². The van der Waals surface area contributed by atoms with Gasteiger partial charge in [-0.05, 0) is 49.4 Å². The van der Waals surface area contributed by atoms with E-state index in [0.29, 0.717) is 37.5 Å². The summed E-state index contributed by atoms with van der Waals surface area (Å²) in [5, 5.41) is 10.6. The van der Waals surface area contributed by atoms with Crippen LogP contribution in [0, 0.1) is 23.7 Å². The van der Waals surface area contributed by atoms with Crippen molar-refractivity contribution in [2.45, 2.75) is 375 Å². The number of rotatable bonds is 69. The van der Waals surface area contributed by atoms with E-state index in [9.17, 15) is 43.2 Å². The summed E-state index contributed by atoms with van der Waals surface area (Å²) in [5.41, 5.74) is 0. The molecule has 0 rings (SSSR count). The fourth-order valence-corrected chi connectivity index (χ4v) is 12.4. The van der Waals surface area contributed by atoms with Crippen molar-refractivity contribution in [2.75, 3.05) is 39.6 Å². The number of hydrogen-bond donors (Lipinski definition) is 3. The second-order valence-electron chi connectivity index (χ2n) is 27.9. The first-order valence-corrected chi connectivity index (χ1v) is 40.2. The lowest BCUT2D eigenvalue weighted by Crippen LogP contribution is -2.30. The number of unbranched alkanes of at least 4 members (excludes halogenated alkanes) is 35. The summed E-state index contributed by atoms with van der Waals surface area (Å²) in [6.07, 6.45) is 44.7. The minimum absolute atomic E-state index is 0.102. The van der Waals surface area contributed by atoms with Gasteiger partial charge in [-0.25, -0.2) is 9.13 Å². The number of aliphatic hydroxyl groups is 1. The number of aliphatic hydroxyl groups excluding tert-OH is 1. The Morgan fingerprint density at radius 1 is 0.275 bits per heavy atom. The molecule has 5 atom stereocenters. The summed E-state index contributed by atoms with van der Waals surface area (Å²) in [4.78, 5) is 72.6. The van der Waals surface area contributed by atoms with E-state index in [1.165, 1.54) is 154 Å². The van der Waals surface area contributed by atoms with Crippen molar-refractivity contribution in [1.82, 2.24) is 0 Å². The lowest BCUT2D eigenvalue weighted by Gasteiger charge is -2.21. The molecule has 0 aromatic rings. The minimum atomic E-state index is -4.95. The Hall–Kier alpha value is -1.94. The van der Waals surface area contributed by atoms with Crippen LogP contribution in [0.1, 0.15) is 357 Å². The molecule has 0 aliphatic carbocycles. The molecular formula is C72H140O17P2. The normalized spacial score (nSPS) is 14.2. The molecule has 0 aliphatic rings. The summed E-state index contributed by atoms with van der Waals surface area (Å²) in [6.45, 7) is 14.1. The molecule has 0 aromatic carbocycles. The fraction of sp³-hybridized carbons (Fsp3) is 0.944. The highest BCUT2D eigenvalue weighted by atomic mass is 31.2. The Kier molecular flexibility index (Phi) is 60.3. The molecule has 540 valence electrons. The predicted molar refractivity (Wildman–Crippen MR) is 367 cm³/mol. The fourth-order valence-electron chi connectivity index (χ4n) is 10.8. The van der Waals surface area contributed by atoms with E-state index in [0.717, 1.165) is 108 Å². The number of esters is 4. The van der Waals surface area contributed by atoms with E-state index in [2.05, 4.69) is 55.4 Å². The average molecular weight is 1340 g/mol. The van der Waals surface area contributed by atoms with Crippen molar-refractivity contribution in [2.24, 2.45) is 23.7 Å². The van der Waals surface area contributed by atoms with Gasteiger partial charge in [-0.15, -0.1) is 0 Å². The molecular weight excluding hydrogens is 1200 g/mol. The molecule has 0 fully saturated rings. The van der Waals surface area contributed by atoms with Crippen molar-refractivity contribution in [3.8, 4) is 0 Å². The molecule has 17 nitrogen and oxygen atoms in total. The summed E-state index contributed by atoms with van der Waals surface area (Å²) in [7, 11) is -9.90. The summed E-state index contributed by atoms with van der Waals surface area (Å²) < 4.78 is 68.3. The lowest BCUT2D eigenvalue weighted by atomic mass is 10.0. The van der Waals surface area contributed by atoms with Crippen LogP contribution in [0.2, 0.25) is 0 Å². The zero-order valence-electron chi connectivity index (χ0n) is 59.5. The van der Waals surface area contributed by atoms with Crippen molar-refractivity contribution >= 4 is 39.5 Å². The van der Waals surface area contributed by atoms with E-state index >= 15 is 0 Å².